The first-order chi connectivity index (χ1) is 13.7. The first-order valence-electron chi connectivity index (χ1n) is 8.46. The number of nitrogens with zero attached hydrogens (tertiary/aromatic N) is 1. The van der Waals surface area contributed by atoms with E-state index in [2.05, 4.69) is 15.6 Å². The number of thiazole rings is 1. The lowest BCUT2D eigenvalue weighted by Gasteiger charge is -2.07. The number of alkyl halides is 3. The van der Waals surface area contributed by atoms with Crippen LogP contribution in [0, 0.1) is 6.92 Å². The van der Waals surface area contributed by atoms with E-state index in [0.717, 1.165) is 17.0 Å². The van der Waals surface area contributed by atoms with Gasteiger partial charge in [0, 0.05) is 22.4 Å². The molecule has 0 atom stereocenters. The standard InChI is InChI=1S/C19H16F3N3O2S2/c1-11-5-6-15(28-11)17(27)23-10-16(26)25-18-24-9-14(29-18)8-12-3-2-4-13(7-12)19(20,21)22/h2-7,9H,8,10H2,1H3,(H,23,27)(H,24,25,26). The van der Waals surface area contributed by atoms with Gasteiger partial charge in [0.2, 0.25) is 5.91 Å². The van der Waals surface area contributed by atoms with Gasteiger partial charge in [-0.05, 0) is 30.7 Å². The molecule has 0 saturated heterocycles. The molecule has 2 aromatic heterocycles. The minimum absolute atomic E-state index is 0.210. The maximum Gasteiger partial charge on any atom is 0.416 e. The fraction of sp³-hybridized carbons (Fsp3) is 0.211. The SMILES string of the molecule is Cc1ccc(C(=O)NCC(=O)Nc2ncc(Cc3cccc(C(F)(F)F)c3)s2)s1. The molecule has 2 heterocycles. The van der Waals surface area contributed by atoms with Gasteiger partial charge in [-0.2, -0.15) is 13.2 Å². The van der Waals surface area contributed by atoms with Crippen molar-refractivity contribution in [3.05, 3.63) is 68.4 Å². The van der Waals surface area contributed by atoms with Crippen LogP contribution in [0.15, 0.2) is 42.6 Å². The number of halogens is 3. The van der Waals surface area contributed by atoms with Crippen LogP contribution >= 0.6 is 22.7 Å². The molecule has 0 aliphatic rings. The number of rotatable bonds is 6. The summed E-state index contributed by atoms with van der Waals surface area (Å²) in [5, 5.41) is 5.42. The van der Waals surface area contributed by atoms with Crippen molar-refractivity contribution in [1.29, 1.82) is 0 Å². The number of benzene rings is 1. The van der Waals surface area contributed by atoms with E-state index in [1.54, 1.807) is 12.1 Å². The third kappa shape index (κ3) is 5.88. The first-order valence-corrected chi connectivity index (χ1v) is 10.1. The van der Waals surface area contributed by atoms with Gasteiger partial charge < -0.3 is 10.6 Å². The molecule has 0 radical (unpaired) electrons. The maximum absolute atomic E-state index is 12.8. The molecule has 0 bridgehead atoms. The number of hydrogen-bond acceptors (Lipinski definition) is 5. The Kier molecular flexibility index (Phi) is 6.33. The predicted molar refractivity (Wildman–Crippen MR) is 106 cm³/mol. The number of aryl methyl sites for hydroxylation is 1. The van der Waals surface area contributed by atoms with E-state index in [1.165, 1.54) is 34.9 Å². The zero-order chi connectivity index (χ0) is 21.0. The molecule has 0 aliphatic carbocycles. The fourth-order valence-electron chi connectivity index (χ4n) is 2.47. The smallest absolute Gasteiger partial charge is 0.342 e. The molecule has 29 heavy (non-hydrogen) atoms. The molecule has 3 aromatic rings. The molecular weight excluding hydrogens is 423 g/mol. The molecule has 0 aliphatic heterocycles. The summed E-state index contributed by atoms with van der Waals surface area (Å²) in [5.41, 5.74) is -0.204. The van der Waals surface area contributed by atoms with Crippen molar-refractivity contribution in [3.63, 3.8) is 0 Å². The van der Waals surface area contributed by atoms with Gasteiger partial charge >= 0.3 is 6.18 Å². The molecular formula is C19H16F3N3O2S2. The highest BCUT2D eigenvalue weighted by molar-refractivity contribution is 7.15. The van der Waals surface area contributed by atoms with E-state index in [4.69, 9.17) is 0 Å². The largest absolute Gasteiger partial charge is 0.416 e. The van der Waals surface area contributed by atoms with Gasteiger partial charge in [-0.3, -0.25) is 9.59 Å². The Morgan fingerprint density at radius 3 is 2.62 bits per heavy atom. The summed E-state index contributed by atoms with van der Waals surface area (Å²) in [4.78, 5) is 30.2. The highest BCUT2D eigenvalue weighted by Gasteiger charge is 2.30. The van der Waals surface area contributed by atoms with Gasteiger partial charge in [0.25, 0.3) is 5.91 Å². The number of aromatic nitrogens is 1. The highest BCUT2D eigenvalue weighted by Crippen LogP contribution is 2.30. The lowest BCUT2D eigenvalue weighted by atomic mass is 10.1. The zero-order valence-corrected chi connectivity index (χ0v) is 16.8. The van der Waals surface area contributed by atoms with Crippen LogP contribution in [-0.2, 0) is 17.4 Å². The molecule has 2 amide bonds. The van der Waals surface area contributed by atoms with Crippen molar-refractivity contribution >= 4 is 39.6 Å². The molecule has 3 rings (SSSR count). The molecule has 1 aromatic carbocycles. The van der Waals surface area contributed by atoms with E-state index in [1.807, 2.05) is 13.0 Å². The Balaban J connectivity index is 1.53. The summed E-state index contributed by atoms with van der Waals surface area (Å²) in [7, 11) is 0. The van der Waals surface area contributed by atoms with Crippen LogP contribution in [0.1, 0.15) is 30.6 Å². The second kappa shape index (κ2) is 8.75. The third-order valence-electron chi connectivity index (χ3n) is 3.81. The number of carbonyl (C=O) groups excluding carboxylic acids is 2. The molecule has 152 valence electrons. The number of carbonyl (C=O) groups is 2. The minimum atomic E-state index is -4.39. The Morgan fingerprint density at radius 1 is 1.14 bits per heavy atom. The van der Waals surface area contributed by atoms with Crippen LogP contribution in [0.5, 0.6) is 0 Å². The number of amides is 2. The van der Waals surface area contributed by atoms with Gasteiger partial charge in [-0.15, -0.1) is 22.7 Å². The summed E-state index contributed by atoms with van der Waals surface area (Å²) in [6, 6.07) is 8.59. The number of nitrogens with one attached hydrogen (secondary N) is 2. The highest BCUT2D eigenvalue weighted by atomic mass is 32.1. The fourth-order valence-corrected chi connectivity index (χ4v) is 4.12. The second-order valence-corrected chi connectivity index (χ2v) is 8.55. The Labute approximate surface area is 172 Å². The van der Waals surface area contributed by atoms with Crippen LogP contribution in [0.2, 0.25) is 0 Å². The third-order valence-corrected chi connectivity index (χ3v) is 5.72. The van der Waals surface area contributed by atoms with E-state index >= 15 is 0 Å². The van der Waals surface area contributed by atoms with E-state index in [9.17, 15) is 22.8 Å². The molecule has 0 fully saturated rings. The van der Waals surface area contributed by atoms with Crippen LogP contribution in [-0.4, -0.2) is 23.3 Å². The van der Waals surface area contributed by atoms with Crippen LogP contribution in [0.4, 0.5) is 18.3 Å². The normalized spacial score (nSPS) is 11.3. The van der Waals surface area contributed by atoms with Crippen LogP contribution in [0.25, 0.3) is 0 Å². The van der Waals surface area contributed by atoms with E-state index in [0.29, 0.717) is 20.4 Å². The van der Waals surface area contributed by atoms with Crippen molar-refractivity contribution in [2.75, 3.05) is 11.9 Å². The van der Waals surface area contributed by atoms with E-state index in [-0.39, 0.29) is 18.9 Å². The second-order valence-electron chi connectivity index (χ2n) is 6.15. The van der Waals surface area contributed by atoms with Crippen molar-refractivity contribution in [3.8, 4) is 0 Å². The van der Waals surface area contributed by atoms with Crippen molar-refractivity contribution in [2.45, 2.75) is 19.5 Å². The maximum atomic E-state index is 12.8. The zero-order valence-electron chi connectivity index (χ0n) is 15.2. The lowest BCUT2D eigenvalue weighted by Crippen LogP contribution is -2.32. The Hall–Kier alpha value is -2.72. The summed E-state index contributed by atoms with van der Waals surface area (Å²) in [5.74, 6) is -0.769. The average Bonchev–Trinajstić information content (AvgIpc) is 3.28. The molecule has 2 N–H and O–H groups in total. The number of anilines is 1. The summed E-state index contributed by atoms with van der Waals surface area (Å²) < 4.78 is 38.4. The average molecular weight is 439 g/mol. The van der Waals surface area contributed by atoms with Gasteiger partial charge in [0.1, 0.15) is 0 Å². The summed E-state index contributed by atoms with van der Waals surface area (Å²) >= 11 is 2.50. The summed E-state index contributed by atoms with van der Waals surface area (Å²) in [6.45, 7) is 1.67. The van der Waals surface area contributed by atoms with Crippen molar-refractivity contribution in [2.24, 2.45) is 0 Å². The van der Waals surface area contributed by atoms with Crippen LogP contribution in [0.3, 0.4) is 0 Å². The predicted octanol–water partition coefficient (Wildman–Crippen LogP) is 4.49. The quantitative estimate of drug-likeness (QED) is 0.595. The molecule has 0 unspecified atom stereocenters. The molecule has 0 spiro atoms. The van der Waals surface area contributed by atoms with Gasteiger partial charge in [0.15, 0.2) is 5.13 Å². The van der Waals surface area contributed by atoms with Crippen molar-refractivity contribution in [1.82, 2.24) is 10.3 Å². The van der Waals surface area contributed by atoms with Gasteiger partial charge in [-0.25, -0.2) is 4.98 Å². The summed E-state index contributed by atoms with van der Waals surface area (Å²) in [6.07, 6.45) is -2.62. The molecule has 10 heteroatoms. The minimum Gasteiger partial charge on any atom is -0.342 e. The Morgan fingerprint density at radius 2 is 1.93 bits per heavy atom. The number of hydrogen-bond donors (Lipinski definition) is 2. The first kappa shape index (κ1) is 21.0. The number of thiophene rings is 1. The molecule has 5 nitrogen and oxygen atoms in total. The Bertz CT molecular complexity index is 1030. The monoisotopic (exact) mass is 439 g/mol. The lowest BCUT2D eigenvalue weighted by molar-refractivity contribution is -0.137. The molecule has 0 saturated carbocycles. The van der Waals surface area contributed by atoms with E-state index < -0.39 is 17.6 Å². The topological polar surface area (TPSA) is 71.1 Å². The van der Waals surface area contributed by atoms with Crippen LogP contribution < -0.4 is 10.6 Å². The van der Waals surface area contributed by atoms with Gasteiger partial charge in [0.05, 0.1) is 17.0 Å². The van der Waals surface area contributed by atoms with Crippen molar-refractivity contribution < 1.29 is 22.8 Å². The van der Waals surface area contributed by atoms with Gasteiger partial charge in [-0.1, -0.05) is 18.2 Å².